The molecule has 0 spiro atoms. The number of carbonyl (C=O) groups excluding carboxylic acids is 1. The smallest absolute Gasteiger partial charge is 0.250 e. The van der Waals surface area contributed by atoms with Gasteiger partial charge in [0.15, 0.2) is 0 Å². The zero-order valence-corrected chi connectivity index (χ0v) is 7.91. The second-order valence-electron chi connectivity index (χ2n) is 3.37. The van der Waals surface area contributed by atoms with Gasteiger partial charge in [0.25, 0.3) is 0 Å². The van der Waals surface area contributed by atoms with Crippen LogP contribution in [-0.4, -0.2) is 24.2 Å². The molecule has 1 saturated heterocycles. The molecule has 0 aromatic heterocycles. The van der Waals surface area contributed by atoms with Gasteiger partial charge in [-0.2, -0.15) is 5.26 Å². The van der Waals surface area contributed by atoms with Crippen molar-refractivity contribution in [3.8, 4) is 6.07 Å². The first kappa shape index (κ1) is 10.0. The molecule has 4 heteroatoms. The first-order valence-electron chi connectivity index (χ1n) is 4.49. The van der Waals surface area contributed by atoms with E-state index in [1.54, 1.807) is 6.92 Å². The second kappa shape index (κ2) is 4.24. The Bertz CT molecular complexity index is 234. The SMILES string of the molecule is CC1CCC(C(=O)N[C@@H](C)C#N)O1. The Morgan fingerprint density at radius 1 is 1.69 bits per heavy atom. The lowest BCUT2D eigenvalue weighted by Gasteiger charge is -2.12. The molecule has 1 N–H and O–H groups in total. The van der Waals surface area contributed by atoms with Crippen molar-refractivity contribution in [2.75, 3.05) is 0 Å². The molecule has 4 nitrogen and oxygen atoms in total. The highest BCUT2D eigenvalue weighted by molar-refractivity contribution is 5.81. The summed E-state index contributed by atoms with van der Waals surface area (Å²) in [6.07, 6.45) is 1.48. The summed E-state index contributed by atoms with van der Waals surface area (Å²) < 4.78 is 5.35. The first-order valence-corrected chi connectivity index (χ1v) is 4.49. The summed E-state index contributed by atoms with van der Waals surface area (Å²) in [4.78, 5) is 11.4. The molecule has 2 unspecified atom stereocenters. The van der Waals surface area contributed by atoms with Crippen molar-refractivity contribution >= 4 is 5.91 Å². The molecule has 0 radical (unpaired) electrons. The average molecular weight is 182 g/mol. The summed E-state index contributed by atoms with van der Waals surface area (Å²) in [5, 5.41) is 11.0. The summed E-state index contributed by atoms with van der Waals surface area (Å²) in [5.74, 6) is -0.168. The predicted molar refractivity (Wildman–Crippen MR) is 46.8 cm³/mol. The number of rotatable bonds is 2. The Kier molecular flexibility index (Phi) is 3.26. The van der Waals surface area contributed by atoms with Gasteiger partial charge in [-0.15, -0.1) is 0 Å². The van der Waals surface area contributed by atoms with Gasteiger partial charge in [0.05, 0.1) is 12.2 Å². The minimum absolute atomic E-state index is 0.160. The molecule has 1 amide bonds. The molecular formula is C9H14N2O2. The molecular weight excluding hydrogens is 168 g/mol. The Hall–Kier alpha value is -1.08. The third-order valence-corrected chi connectivity index (χ3v) is 2.08. The molecule has 0 bridgehead atoms. The van der Waals surface area contributed by atoms with Crippen LogP contribution >= 0.6 is 0 Å². The van der Waals surface area contributed by atoms with Gasteiger partial charge in [-0.1, -0.05) is 0 Å². The minimum Gasteiger partial charge on any atom is -0.365 e. The zero-order chi connectivity index (χ0) is 9.84. The number of hydrogen-bond acceptors (Lipinski definition) is 3. The van der Waals surface area contributed by atoms with E-state index in [1.165, 1.54) is 0 Å². The fourth-order valence-corrected chi connectivity index (χ4v) is 1.33. The van der Waals surface area contributed by atoms with Gasteiger partial charge in [-0.05, 0) is 26.7 Å². The maximum Gasteiger partial charge on any atom is 0.250 e. The van der Waals surface area contributed by atoms with Gasteiger partial charge in [-0.25, -0.2) is 0 Å². The van der Waals surface area contributed by atoms with E-state index in [2.05, 4.69) is 5.32 Å². The third kappa shape index (κ3) is 2.71. The van der Waals surface area contributed by atoms with E-state index in [-0.39, 0.29) is 18.1 Å². The molecule has 72 valence electrons. The maximum absolute atomic E-state index is 11.4. The van der Waals surface area contributed by atoms with Gasteiger partial charge in [0, 0.05) is 0 Å². The zero-order valence-electron chi connectivity index (χ0n) is 7.91. The maximum atomic E-state index is 11.4. The lowest BCUT2D eigenvalue weighted by molar-refractivity contribution is -0.132. The highest BCUT2D eigenvalue weighted by atomic mass is 16.5. The van der Waals surface area contributed by atoms with Crippen LogP contribution < -0.4 is 5.32 Å². The van der Waals surface area contributed by atoms with Crippen LogP contribution in [0.15, 0.2) is 0 Å². The van der Waals surface area contributed by atoms with E-state index in [1.807, 2.05) is 13.0 Å². The van der Waals surface area contributed by atoms with Crippen molar-refractivity contribution < 1.29 is 9.53 Å². The van der Waals surface area contributed by atoms with Crippen LogP contribution in [-0.2, 0) is 9.53 Å². The fraction of sp³-hybridized carbons (Fsp3) is 0.778. The van der Waals surface area contributed by atoms with Crippen molar-refractivity contribution in [2.45, 2.75) is 44.9 Å². The van der Waals surface area contributed by atoms with E-state index in [0.717, 1.165) is 12.8 Å². The highest BCUT2D eigenvalue weighted by Crippen LogP contribution is 2.18. The van der Waals surface area contributed by atoms with Gasteiger partial charge < -0.3 is 10.1 Å². The third-order valence-electron chi connectivity index (χ3n) is 2.08. The summed E-state index contributed by atoms with van der Waals surface area (Å²) in [5.41, 5.74) is 0. The van der Waals surface area contributed by atoms with Crippen LogP contribution in [0.1, 0.15) is 26.7 Å². The molecule has 3 atom stereocenters. The van der Waals surface area contributed by atoms with E-state index >= 15 is 0 Å². The molecule has 1 heterocycles. The van der Waals surface area contributed by atoms with E-state index in [9.17, 15) is 4.79 Å². The monoisotopic (exact) mass is 182 g/mol. The number of carbonyl (C=O) groups is 1. The van der Waals surface area contributed by atoms with Crippen molar-refractivity contribution in [3.05, 3.63) is 0 Å². The van der Waals surface area contributed by atoms with Crippen LogP contribution in [0.2, 0.25) is 0 Å². The summed E-state index contributed by atoms with van der Waals surface area (Å²) in [7, 11) is 0. The number of nitrogens with one attached hydrogen (secondary N) is 1. The van der Waals surface area contributed by atoms with E-state index < -0.39 is 6.04 Å². The molecule has 1 aliphatic heterocycles. The quantitative estimate of drug-likeness (QED) is 0.679. The van der Waals surface area contributed by atoms with Crippen molar-refractivity contribution in [2.24, 2.45) is 0 Å². The molecule has 1 rings (SSSR count). The first-order chi connectivity index (χ1) is 6.13. The number of amides is 1. The lowest BCUT2D eigenvalue weighted by Crippen LogP contribution is -2.39. The van der Waals surface area contributed by atoms with E-state index in [4.69, 9.17) is 10.00 Å². The van der Waals surface area contributed by atoms with Crippen molar-refractivity contribution in [1.82, 2.24) is 5.32 Å². The number of ether oxygens (including phenoxy) is 1. The van der Waals surface area contributed by atoms with Gasteiger partial charge in [0.1, 0.15) is 12.1 Å². The summed E-state index contributed by atoms with van der Waals surface area (Å²) in [6, 6.07) is 1.51. The number of hydrogen-bond donors (Lipinski definition) is 1. The summed E-state index contributed by atoms with van der Waals surface area (Å²) >= 11 is 0. The second-order valence-corrected chi connectivity index (χ2v) is 3.37. The molecule has 0 aliphatic carbocycles. The van der Waals surface area contributed by atoms with Gasteiger partial charge in [0.2, 0.25) is 5.91 Å². The van der Waals surface area contributed by atoms with Crippen molar-refractivity contribution in [1.29, 1.82) is 5.26 Å². The van der Waals surface area contributed by atoms with E-state index in [0.29, 0.717) is 0 Å². The Morgan fingerprint density at radius 2 is 2.38 bits per heavy atom. The van der Waals surface area contributed by atoms with Gasteiger partial charge >= 0.3 is 0 Å². The molecule has 0 aromatic carbocycles. The standard InChI is InChI=1S/C9H14N2O2/c1-6(5-10)11-9(12)8-4-3-7(2)13-8/h6-8H,3-4H2,1-2H3,(H,11,12)/t6-,7?,8?/m0/s1. The largest absolute Gasteiger partial charge is 0.365 e. The van der Waals surface area contributed by atoms with Crippen molar-refractivity contribution in [3.63, 3.8) is 0 Å². The predicted octanol–water partition coefficient (Wildman–Crippen LogP) is 0.582. The van der Waals surface area contributed by atoms with Crippen LogP contribution in [0.25, 0.3) is 0 Å². The fourth-order valence-electron chi connectivity index (χ4n) is 1.33. The molecule has 13 heavy (non-hydrogen) atoms. The van der Waals surface area contributed by atoms with Crippen LogP contribution in [0.5, 0.6) is 0 Å². The normalized spacial score (nSPS) is 29.3. The molecule has 0 saturated carbocycles. The van der Waals surface area contributed by atoms with Crippen LogP contribution in [0.4, 0.5) is 0 Å². The minimum atomic E-state index is -0.438. The topological polar surface area (TPSA) is 62.1 Å². The Morgan fingerprint density at radius 3 is 2.85 bits per heavy atom. The summed E-state index contributed by atoms with van der Waals surface area (Å²) in [6.45, 7) is 3.59. The Labute approximate surface area is 77.9 Å². The van der Waals surface area contributed by atoms with Gasteiger partial charge in [-0.3, -0.25) is 4.79 Å². The van der Waals surface area contributed by atoms with Crippen LogP contribution in [0, 0.1) is 11.3 Å². The number of nitrogens with zero attached hydrogens (tertiary/aromatic N) is 1. The highest BCUT2D eigenvalue weighted by Gasteiger charge is 2.28. The number of nitriles is 1. The lowest BCUT2D eigenvalue weighted by atomic mass is 10.2. The Balaban J connectivity index is 2.37. The van der Waals surface area contributed by atoms with Crippen LogP contribution in [0.3, 0.4) is 0 Å². The molecule has 1 fully saturated rings. The molecule has 0 aromatic rings. The molecule has 1 aliphatic rings. The average Bonchev–Trinajstić information content (AvgIpc) is 2.51.